The number of rotatable bonds is 3. The summed E-state index contributed by atoms with van der Waals surface area (Å²) in [5.74, 6) is 0. The summed E-state index contributed by atoms with van der Waals surface area (Å²) in [6, 6.07) is 4.94. The fraction of sp³-hybridized carbons (Fsp3) is 0.308. The molecule has 0 radical (unpaired) electrons. The maximum atomic E-state index is 12.6. The van der Waals surface area contributed by atoms with Gasteiger partial charge >= 0.3 is 6.18 Å². The van der Waals surface area contributed by atoms with E-state index in [-0.39, 0.29) is 6.04 Å². The number of thiazole rings is 1. The SMILES string of the molecule is Cc1ncc(C(N)Cc2cccc(C(F)(F)F)c2)s1. The molecular formula is C13H13F3N2S. The van der Waals surface area contributed by atoms with Crippen LogP contribution in [0.4, 0.5) is 13.2 Å². The Hall–Kier alpha value is -1.40. The number of hydrogen-bond donors (Lipinski definition) is 1. The van der Waals surface area contributed by atoms with Crippen molar-refractivity contribution in [3.8, 4) is 0 Å². The van der Waals surface area contributed by atoms with Crippen LogP contribution in [0.5, 0.6) is 0 Å². The van der Waals surface area contributed by atoms with E-state index in [1.807, 2.05) is 6.92 Å². The van der Waals surface area contributed by atoms with Crippen molar-refractivity contribution < 1.29 is 13.2 Å². The van der Waals surface area contributed by atoms with Gasteiger partial charge in [-0.2, -0.15) is 13.2 Å². The number of benzene rings is 1. The minimum absolute atomic E-state index is 0.324. The Balaban J connectivity index is 2.15. The number of aryl methyl sites for hydroxylation is 1. The number of aromatic nitrogens is 1. The minimum Gasteiger partial charge on any atom is -0.323 e. The van der Waals surface area contributed by atoms with Crippen LogP contribution in [0.25, 0.3) is 0 Å². The van der Waals surface area contributed by atoms with E-state index in [4.69, 9.17) is 5.73 Å². The molecule has 0 saturated heterocycles. The lowest BCUT2D eigenvalue weighted by atomic mass is 10.0. The average Bonchev–Trinajstić information content (AvgIpc) is 2.75. The lowest BCUT2D eigenvalue weighted by Crippen LogP contribution is -2.13. The molecular weight excluding hydrogens is 273 g/mol. The third kappa shape index (κ3) is 3.54. The van der Waals surface area contributed by atoms with Crippen LogP contribution in [0.1, 0.15) is 27.1 Å². The van der Waals surface area contributed by atoms with Gasteiger partial charge < -0.3 is 5.73 Å². The Morgan fingerprint density at radius 3 is 2.68 bits per heavy atom. The fourth-order valence-electron chi connectivity index (χ4n) is 1.78. The highest BCUT2D eigenvalue weighted by molar-refractivity contribution is 7.11. The van der Waals surface area contributed by atoms with Crippen LogP contribution in [-0.2, 0) is 12.6 Å². The molecule has 2 rings (SSSR count). The summed E-state index contributed by atoms with van der Waals surface area (Å²) in [5.41, 5.74) is 5.92. The van der Waals surface area contributed by atoms with E-state index in [9.17, 15) is 13.2 Å². The first-order valence-electron chi connectivity index (χ1n) is 5.70. The van der Waals surface area contributed by atoms with E-state index in [0.717, 1.165) is 22.0 Å². The van der Waals surface area contributed by atoms with Gasteiger partial charge in [-0.15, -0.1) is 11.3 Å². The van der Waals surface area contributed by atoms with Gasteiger partial charge in [-0.25, -0.2) is 4.98 Å². The Bertz CT molecular complexity index is 563. The van der Waals surface area contributed by atoms with Crippen LogP contribution in [-0.4, -0.2) is 4.98 Å². The van der Waals surface area contributed by atoms with Crippen molar-refractivity contribution in [1.29, 1.82) is 0 Å². The highest BCUT2D eigenvalue weighted by Crippen LogP contribution is 2.30. The predicted molar refractivity (Wildman–Crippen MR) is 68.9 cm³/mol. The van der Waals surface area contributed by atoms with E-state index in [0.29, 0.717) is 12.0 Å². The van der Waals surface area contributed by atoms with Gasteiger partial charge in [-0.1, -0.05) is 18.2 Å². The first-order chi connectivity index (χ1) is 8.86. The highest BCUT2D eigenvalue weighted by Gasteiger charge is 2.30. The molecule has 102 valence electrons. The lowest BCUT2D eigenvalue weighted by Gasteiger charge is -2.12. The van der Waals surface area contributed by atoms with Crippen LogP contribution >= 0.6 is 11.3 Å². The van der Waals surface area contributed by atoms with E-state index in [1.165, 1.54) is 17.4 Å². The first kappa shape index (κ1) is 14.0. The number of halogens is 3. The Morgan fingerprint density at radius 2 is 2.11 bits per heavy atom. The smallest absolute Gasteiger partial charge is 0.323 e. The molecule has 19 heavy (non-hydrogen) atoms. The molecule has 0 fully saturated rings. The van der Waals surface area contributed by atoms with E-state index >= 15 is 0 Å². The monoisotopic (exact) mass is 286 g/mol. The van der Waals surface area contributed by atoms with Crippen molar-refractivity contribution in [3.63, 3.8) is 0 Å². The van der Waals surface area contributed by atoms with Crippen molar-refractivity contribution in [2.45, 2.75) is 25.6 Å². The maximum absolute atomic E-state index is 12.6. The van der Waals surface area contributed by atoms with Gasteiger partial charge in [0.25, 0.3) is 0 Å². The van der Waals surface area contributed by atoms with Gasteiger partial charge in [0.2, 0.25) is 0 Å². The fourth-order valence-corrected chi connectivity index (χ4v) is 2.57. The van der Waals surface area contributed by atoms with Gasteiger partial charge in [0.15, 0.2) is 0 Å². The van der Waals surface area contributed by atoms with Crippen molar-refractivity contribution >= 4 is 11.3 Å². The average molecular weight is 286 g/mol. The number of nitrogens with two attached hydrogens (primary N) is 1. The van der Waals surface area contributed by atoms with Crippen LogP contribution in [0, 0.1) is 6.92 Å². The Morgan fingerprint density at radius 1 is 1.37 bits per heavy atom. The molecule has 0 saturated carbocycles. The summed E-state index contributed by atoms with van der Waals surface area (Å²) in [7, 11) is 0. The van der Waals surface area contributed by atoms with Crippen molar-refractivity contribution in [2.24, 2.45) is 5.73 Å². The van der Waals surface area contributed by atoms with Crippen LogP contribution in [0.15, 0.2) is 30.5 Å². The third-order valence-corrected chi connectivity index (χ3v) is 3.76. The van der Waals surface area contributed by atoms with Crippen LogP contribution in [0.2, 0.25) is 0 Å². The van der Waals surface area contributed by atoms with E-state index < -0.39 is 11.7 Å². The molecule has 0 aliphatic carbocycles. The van der Waals surface area contributed by atoms with Crippen LogP contribution in [0.3, 0.4) is 0 Å². The van der Waals surface area contributed by atoms with E-state index in [1.54, 1.807) is 12.3 Å². The third-order valence-electron chi connectivity index (χ3n) is 2.71. The number of alkyl halides is 3. The second-order valence-corrected chi connectivity index (χ2v) is 5.56. The number of nitrogens with zero attached hydrogens (tertiary/aromatic N) is 1. The van der Waals surface area contributed by atoms with Gasteiger partial charge in [-0.3, -0.25) is 0 Å². The molecule has 0 aliphatic heterocycles. The van der Waals surface area contributed by atoms with Crippen molar-refractivity contribution in [1.82, 2.24) is 4.98 Å². The molecule has 1 atom stereocenters. The zero-order chi connectivity index (χ0) is 14.0. The highest BCUT2D eigenvalue weighted by atomic mass is 32.1. The molecule has 2 nitrogen and oxygen atoms in total. The van der Waals surface area contributed by atoms with Gasteiger partial charge in [-0.05, 0) is 25.0 Å². The second kappa shape index (κ2) is 5.30. The Labute approximate surface area is 113 Å². The molecule has 1 unspecified atom stereocenters. The summed E-state index contributed by atoms with van der Waals surface area (Å²) in [5, 5.41) is 0.898. The molecule has 2 aromatic rings. The van der Waals surface area contributed by atoms with Crippen molar-refractivity contribution in [2.75, 3.05) is 0 Å². The second-order valence-electron chi connectivity index (χ2n) is 4.29. The predicted octanol–water partition coefficient (Wildman–Crippen LogP) is 3.71. The standard InChI is InChI=1S/C13H13F3N2S/c1-8-18-7-12(19-8)11(17)6-9-3-2-4-10(5-9)13(14,15)16/h2-5,7,11H,6,17H2,1H3. The van der Waals surface area contributed by atoms with Crippen molar-refractivity contribution in [3.05, 3.63) is 51.5 Å². The van der Waals surface area contributed by atoms with Gasteiger partial charge in [0.1, 0.15) is 0 Å². The number of hydrogen-bond acceptors (Lipinski definition) is 3. The molecule has 0 spiro atoms. The largest absolute Gasteiger partial charge is 0.416 e. The molecule has 1 heterocycles. The first-order valence-corrected chi connectivity index (χ1v) is 6.52. The minimum atomic E-state index is -4.32. The summed E-state index contributed by atoms with van der Waals surface area (Å²) in [6.45, 7) is 1.87. The summed E-state index contributed by atoms with van der Waals surface area (Å²) < 4.78 is 37.8. The van der Waals surface area contributed by atoms with Crippen LogP contribution < -0.4 is 5.73 Å². The van der Waals surface area contributed by atoms with E-state index in [2.05, 4.69) is 4.98 Å². The summed E-state index contributed by atoms with van der Waals surface area (Å²) in [4.78, 5) is 4.98. The molecule has 2 N–H and O–H groups in total. The molecule has 0 amide bonds. The summed E-state index contributed by atoms with van der Waals surface area (Å²) >= 11 is 1.47. The quantitative estimate of drug-likeness (QED) is 0.934. The zero-order valence-electron chi connectivity index (χ0n) is 10.2. The maximum Gasteiger partial charge on any atom is 0.416 e. The van der Waals surface area contributed by atoms with Gasteiger partial charge in [0.05, 0.1) is 10.6 Å². The molecule has 0 bridgehead atoms. The molecule has 6 heteroatoms. The zero-order valence-corrected chi connectivity index (χ0v) is 11.1. The van der Waals surface area contributed by atoms with Gasteiger partial charge in [0, 0.05) is 17.1 Å². The Kier molecular flexibility index (Phi) is 3.91. The summed E-state index contributed by atoms with van der Waals surface area (Å²) in [6.07, 6.45) is -2.27. The topological polar surface area (TPSA) is 38.9 Å². The molecule has 0 aliphatic rings. The molecule has 1 aromatic carbocycles. The lowest BCUT2D eigenvalue weighted by molar-refractivity contribution is -0.137. The molecule has 1 aromatic heterocycles. The normalized spacial score (nSPS) is 13.5.